The number of alkyl halides is 1. The Morgan fingerprint density at radius 3 is 2.70 bits per heavy atom. The first-order valence-electron chi connectivity index (χ1n) is 6.14. The first-order valence-corrected chi connectivity index (χ1v) is 8.73. The zero-order chi connectivity index (χ0) is 14.9. The Hall–Kier alpha value is -1.27. The van der Waals surface area contributed by atoms with Crippen LogP contribution in [0.5, 0.6) is 5.75 Å². The summed E-state index contributed by atoms with van der Waals surface area (Å²) in [6.45, 7) is 1.84. The second-order valence-electron chi connectivity index (χ2n) is 4.83. The van der Waals surface area contributed by atoms with Crippen molar-refractivity contribution in [3.05, 3.63) is 24.0 Å². The molecule has 1 aromatic heterocycles. The van der Waals surface area contributed by atoms with E-state index in [9.17, 15) is 8.42 Å². The predicted octanol–water partition coefficient (Wildman–Crippen LogP) is 2.39. The lowest BCUT2D eigenvalue weighted by Gasteiger charge is -2.16. The quantitative estimate of drug-likeness (QED) is 0.795. The van der Waals surface area contributed by atoms with E-state index in [2.05, 4.69) is 4.98 Å². The lowest BCUT2D eigenvalue weighted by atomic mass is 10.2. The molecule has 0 aliphatic heterocycles. The van der Waals surface area contributed by atoms with Crippen LogP contribution in [0.15, 0.2) is 18.2 Å². The summed E-state index contributed by atoms with van der Waals surface area (Å²) in [5.41, 5.74) is 1.61. The fourth-order valence-electron chi connectivity index (χ4n) is 2.35. The molecule has 0 N–H and O–H groups in total. The Bertz CT molecular complexity index is 725. The third kappa shape index (κ3) is 3.07. The van der Waals surface area contributed by atoms with Crippen molar-refractivity contribution in [1.29, 1.82) is 0 Å². The zero-order valence-corrected chi connectivity index (χ0v) is 13.2. The van der Waals surface area contributed by atoms with Crippen LogP contribution in [-0.4, -0.2) is 37.1 Å². The van der Waals surface area contributed by atoms with Gasteiger partial charge in [0.25, 0.3) is 0 Å². The highest BCUT2D eigenvalue weighted by Crippen LogP contribution is 2.26. The van der Waals surface area contributed by atoms with Gasteiger partial charge < -0.3 is 9.30 Å². The largest absolute Gasteiger partial charge is 0.497 e. The van der Waals surface area contributed by atoms with Gasteiger partial charge in [-0.05, 0) is 19.1 Å². The Morgan fingerprint density at radius 2 is 2.15 bits per heavy atom. The van der Waals surface area contributed by atoms with E-state index >= 15 is 0 Å². The summed E-state index contributed by atoms with van der Waals surface area (Å²) in [6, 6.07) is 5.26. The van der Waals surface area contributed by atoms with Crippen molar-refractivity contribution >= 4 is 32.5 Å². The number of hydrogen-bond acceptors (Lipinski definition) is 4. The van der Waals surface area contributed by atoms with Crippen LogP contribution < -0.4 is 4.74 Å². The fourth-order valence-corrected chi connectivity index (χ4v) is 3.56. The number of halogens is 1. The monoisotopic (exact) mass is 316 g/mol. The fraction of sp³-hybridized carbons (Fsp3) is 0.462. The SMILES string of the molecule is COc1ccc2nc(CCl)n(C(C)CS(C)(=O)=O)c2c1. The third-order valence-corrected chi connectivity index (χ3v) is 4.40. The molecule has 0 aliphatic carbocycles. The van der Waals surface area contributed by atoms with Gasteiger partial charge in [-0.15, -0.1) is 11.6 Å². The number of methoxy groups -OCH3 is 1. The van der Waals surface area contributed by atoms with Gasteiger partial charge in [0.1, 0.15) is 21.4 Å². The van der Waals surface area contributed by atoms with Crippen LogP contribution in [0.3, 0.4) is 0 Å². The molecule has 1 heterocycles. The maximum Gasteiger partial charge on any atom is 0.149 e. The number of hydrogen-bond donors (Lipinski definition) is 0. The number of imidazole rings is 1. The summed E-state index contributed by atoms with van der Waals surface area (Å²) in [4.78, 5) is 4.44. The smallest absolute Gasteiger partial charge is 0.149 e. The molecule has 5 nitrogen and oxygen atoms in total. The summed E-state index contributed by atoms with van der Waals surface area (Å²) < 4.78 is 30.1. The molecule has 110 valence electrons. The van der Waals surface area contributed by atoms with Crippen molar-refractivity contribution in [3.8, 4) is 5.75 Å². The van der Waals surface area contributed by atoms with E-state index in [0.29, 0.717) is 11.6 Å². The molecule has 1 unspecified atom stereocenters. The molecule has 0 saturated heterocycles. The molecule has 0 radical (unpaired) electrons. The molecule has 1 atom stereocenters. The number of benzene rings is 1. The van der Waals surface area contributed by atoms with Crippen LogP contribution in [0.25, 0.3) is 11.0 Å². The molecule has 0 aliphatic rings. The minimum Gasteiger partial charge on any atom is -0.497 e. The molecular formula is C13H17ClN2O3S. The number of rotatable bonds is 5. The van der Waals surface area contributed by atoms with Gasteiger partial charge in [-0.1, -0.05) is 0 Å². The standard InChI is InChI=1S/C13H17ClN2O3S/c1-9(8-20(3,17)18)16-12-6-10(19-2)4-5-11(12)15-13(16)7-14/h4-6,9H,7-8H2,1-3H3. The number of sulfone groups is 1. The first-order chi connectivity index (χ1) is 9.35. The zero-order valence-electron chi connectivity index (χ0n) is 11.6. The highest BCUT2D eigenvalue weighted by Gasteiger charge is 2.19. The Labute approximate surface area is 123 Å². The predicted molar refractivity (Wildman–Crippen MR) is 80.3 cm³/mol. The third-order valence-electron chi connectivity index (χ3n) is 3.07. The molecule has 0 saturated carbocycles. The molecule has 2 aromatic rings. The van der Waals surface area contributed by atoms with Crippen LogP contribution in [0.1, 0.15) is 18.8 Å². The van der Waals surface area contributed by atoms with Gasteiger partial charge >= 0.3 is 0 Å². The first kappa shape index (κ1) is 15.1. The van der Waals surface area contributed by atoms with E-state index in [-0.39, 0.29) is 17.7 Å². The lowest BCUT2D eigenvalue weighted by molar-refractivity contribution is 0.415. The molecule has 0 bridgehead atoms. The lowest BCUT2D eigenvalue weighted by Crippen LogP contribution is -2.18. The highest BCUT2D eigenvalue weighted by molar-refractivity contribution is 7.90. The molecule has 7 heteroatoms. The van der Waals surface area contributed by atoms with Gasteiger partial charge in [0.15, 0.2) is 0 Å². The summed E-state index contributed by atoms with van der Waals surface area (Å²) in [6.07, 6.45) is 1.23. The molecular weight excluding hydrogens is 300 g/mol. The molecule has 20 heavy (non-hydrogen) atoms. The van der Waals surface area contributed by atoms with Crippen molar-refractivity contribution < 1.29 is 13.2 Å². The average molecular weight is 317 g/mol. The Balaban J connectivity index is 2.59. The van der Waals surface area contributed by atoms with Crippen molar-refractivity contribution in [2.75, 3.05) is 19.1 Å². The van der Waals surface area contributed by atoms with Crippen LogP contribution in [0.2, 0.25) is 0 Å². The maximum absolute atomic E-state index is 11.5. The summed E-state index contributed by atoms with van der Waals surface area (Å²) >= 11 is 5.93. The Morgan fingerprint density at radius 1 is 1.45 bits per heavy atom. The molecule has 2 rings (SSSR count). The van der Waals surface area contributed by atoms with Crippen molar-refractivity contribution in [1.82, 2.24) is 9.55 Å². The van der Waals surface area contributed by atoms with Gasteiger partial charge in [0.2, 0.25) is 0 Å². The van der Waals surface area contributed by atoms with E-state index in [1.165, 1.54) is 6.26 Å². The van der Waals surface area contributed by atoms with E-state index in [1.54, 1.807) is 7.11 Å². The summed E-state index contributed by atoms with van der Waals surface area (Å²) in [7, 11) is -1.49. The number of fused-ring (bicyclic) bond motifs is 1. The Kier molecular flexibility index (Phi) is 4.25. The number of ether oxygens (including phenoxy) is 1. The van der Waals surface area contributed by atoms with Crippen LogP contribution in [0.4, 0.5) is 0 Å². The minimum absolute atomic E-state index is 0.0412. The van der Waals surface area contributed by atoms with Gasteiger partial charge in [-0.2, -0.15) is 0 Å². The van der Waals surface area contributed by atoms with Crippen LogP contribution in [-0.2, 0) is 15.7 Å². The second-order valence-corrected chi connectivity index (χ2v) is 7.28. The molecule has 1 aromatic carbocycles. The van der Waals surface area contributed by atoms with Gasteiger partial charge in [-0.3, -0.25) is 0 Å². The van der Waals surface area contributed by atoms with Crippen LogP contribution in [0, 0.1) is 0 Å². The molecule has 0 fully saturated rings. The number of aromatic nitrogens is 2. The van der Waals surface area contributed by atoms with Gasteiger partial charge in [-0.25, -0.2) is 13.4 Å². The highest BCUT2D eigenvalue weighted by atomic mass is 35.5. The van der Waals surface area contributed by atoms with Crippen molar-refractivity contribution in [3.63, 3.8) is 0 Å². The van der Waals surface area contributed by atoms with Gasteiger partial charge in [0, 0.05) is 18.4 Å². The molecule has 0 spiro atoms. The summed E-state index contributed by atoms with van der Waals surface area (Å²) in [5.74, 6) is 1.63. The maximum atomic E-state index is 11.5. The van der Waals surface area contributed by atoms with Gasteiger partial charge in [0.05, 0.1) is 29.8 Å². The van der Waals surface area contributed by atoms with Crippen LogP contribution >= 0.6 is 11.6 Å². The van der Waals surface area contributed by atoms with Crippen molar-refractivity contribution in [2.45, 2.75) is 18.8 Å². The van der Waals surface area contributed by atoms with E-state index in [0.717, 1.165) is 11.0 Å². The summed E-state index contributed by atoms with van der Waals surface area (Å²) in [5, 5.41) is 0. The topological polar surface area (TPSA) is 61.2 Å². The van der Waals surface area contributed by atoms with E-state index in [4.69, 9.17) is 16.3 Å². The van der Waals surface area contributed by atoms with E-state index < -0.39 is 9.84 Å². The van der Waals surface area contributed by atoms with E-state index in [1.807, 2.05) is 29.7 Å². The average Bonchev–Trinajstić information content (AvgIpc) is 2.73. The second kappa shape index (κ2) is 5.61. The minimum atomic E-state index is -3.08. The van der Waals surface area contributed by atoms with Crippen molar-refractivity contribution in [2.24, 2.45) is 0 Å². The number of nitrogens with zero attached hydrogens (tertiary/aromatic N) is 2. The molecule has 0 amide bonds. The normalized spacial score (nSPS) is 13.6.